The predicted molar refractivity (Wildman–Crippen MR) is 84.7 cm³/mol. The maximum atomic E-state index is 12.2. The van der Waals surface area contributed by atoms with E-state index in [1.165, 1.54) is 6.33 Å². The van der Waals surface area contributed by atoms with E-state index in [2.05, 4.69) is 26.7 Å². The van der Waals surface area contributed by atoms with Gasteiger partial charge in [-0.2, -0.15) is 0 Å². The topological polar surface area (TPSA) is 66.9 Å². The van der Waals surface area contributed by atoms with Crippen molar-refractivity contribution in [1.29, 1.82) is 0 Å². The van der Waals surface area contributed by atoms with Gasteiger partial charge in [-0.1, -0.05) is 6.07 Å². The minimum atomic E-state index is -0.241. The van der Waals surface area contributed by atoms with Crippen molar-refractivity contribution >= 4 is 17.4 Å². The minimum Gasteiger partial charge on any atom is -0.368 e. The zero-order valence-corrected chi connectivity index (χ0v) is 12.8. The lowest BCUT2D eigenvalue weighted by atomic mass is 10.1. The van der Waals surface area contributed by atoms with Crippen molar-refractivity contribution in [2.75, 3.05) is 10.6 Å². The lowest BCUT2D eigenvalue weighted by molar-refractivity contribution is 0.102. The second-order valence-electron chi connectivity index (χ2n) is 5.42. The van der Waals surface area contributed by atoms with E-state index in [0.717, 1.165) is 16.8 Å². The smallest absolute Gasteiger partial charge is 0.274 e. The largest absolute Gasteiger partial charge is 0.368 e. The molecule has 2 rings (SSSR count). The van der Waals surface area contributed by atoms with E-state index >= 15 is 0 Å². The number of anilines is 2. The number of aromatic nitrogens is 2. The van der Waals surface area contributed by atoms with E-state index in [1.807, 2.05) is 39.8 Å². The van der Waals surface area contributed by atoms with Gasteiger partial charge in [0.2, 0.25) is 0 Å². The highest BCUT2D eigenvalue weighted by Gasteiger charge is 2.10. The zero-order valence-electron chi connectivity index (χ0n) is 12.8. The molecule has 21 heavy (non-hydrogen) atoms. The molecule has 1 amide bonds. The highest BCUT2D eigenvalue weighted by atomic mass is 16.1. The molecular weight excluding hydrogens is 264 g/mol. The maximum Gasteiger partial charge on any atom is 0.274 e. The third-order valence-corrected chi connectivity index (χ3v) is 2.82. The maximum absolute atomic E-state index is 12.2. The molecule has 0 aliphatic carbocycles. The van der Waals surface area contributed by atoms with Crippen LogP contribution in [0.25, 0.3) is 0 Å². The number of amides is 1. The second-order valence-corrected chi connectivity index (χ2v) is 5.42. The Kier molecular flexibility index (Phi) is 4.52. The molecule has 0 spiro atoms. The van der Waals surface area contributed by atoms with E-state index in [9.17, 15) is 4.79 Å². The van der Waals surface area contributed by atoms with Crippen LogP contribution in [0.15, 0.2) is 30.6 Å². The molecule has 1 heterocycles. The van der Waals surface area contributed by atoms with Crippen LogP contribution in [0, 0.1) is 13.8 Å². The van der Waals surface area contributed by atoms with Gasteiger partial charge in [-0.3, -0.25) is 4.79 Å². The van der Waals surface area contributed by atoms with Crippen molar-refractivity contribution in [3.8, 4) is 0 Å². The fraction of sp³-hybridized carbons (Fsp3) is 0.312. The number of nitrogens with zero attached hydrogens (tertiary/aromatic N) is 2. The Labute approximate surface area is 124 Å². The first-order valence-corrected chi connectivity index (χ1v) is 6.92. The van der Waals surface area contributed by atoms with E-state index in [4.69, 9.17) is 0 Å². The standard InChI is InChI=1S/C16H20N4O/c1-10(2)19-15-8-14(17-9-18-15)16(21)20-13-6-11(3)5-12(4)7-13/h5-10H,1-4H3,(H,20,21)(H,17,18,19). The van der Waals surface area contributed by atoms with Gasteiger partial charge in [-0.15, -0.1) is 0 Å². The van der Waals surface area contributed by atoms with Crippen LogP contribution in [0.1, 0.15) is 35.5 Å². The van der Waals surface area contributed by atoms with Crippen LogP contribution in [-0.2, 0) is 0 Å². The molecule has 0 atom stereocenters. The number of aryl methyl sites for hydroxylation is 2. The summed E-state index contributed by atoms with van der Waals surface area (Å²) in [6.07, 6.45) is 1.39. The number of hydrogen-bond donors (Lipinski definition) is 2. The highest BCUT2D eigenvalue weighted by molar-refractivity contribution is 6.03. The van der Waals surface area contributed by atoms with E-state index in [0.29, 0.717) is 11.5 Å². The van der Waals surface area contributed by atoms with Gasteiger partial charge in [-0.25, -0.2) is 9.97 Å². The summed E-state index contributed by atoms with van der Waals surface area (Å²) in [5.74, 6) is 0.403. The van der Waals surface area contributed by atoms with E-state index < -0.39 is 0 Å². The van der Waals surface area contributed by atoms with Gasteiger partial charge in [0.05, 0.1) is 0 Å². The first kappa shape index (κ1) is 15.0. The summed E-state index contributed by atoms with van der Waals surface area (Å²) in [5.41, 5.74) is 3.33. The average Bonchev–Trinajstić information content (AvgIpc) is 2.36. The minimum absolute atomic E-state index is 0.241. The third kappa shape index (κ3) is 4.27. The Morgan fingerprint density at radius 3 is 2.33 bits per heavy atom. The summed E-state index contributed by atoms with van der Waals surface area (Å²) < 4.78 is 0. The molecule has 0 aliphatic heterocycles. The van der Waals surface area contributed by atoms with Crippen LogP contribution in [0.3, 0.4) is 0 Å². The molecular formula is C16H20N4O. The summed E-state index contributed by atoms with van der Waals surface area (Å²) in [4.78, 5) is 20.4. The molecule has 0 aliphatic rings. The van der Waals surface area contributed by atoms with Crippen LogP contribution in [0.4, 0.5) is 11.5 Å². The quantitative estimate of drug-likeness (QED) is 0.905. The highest BCUT2D eigenvalue weighted by Crippen LogP contribution is 2.15. The molecule has 0 saturated carbocycles. The Balaban J connectivity index is 2.16. The molecule has 5 nitrogen and oxygen atoms in total. The normalized spacial score (nSPS) is 10.5. The van der Waals surface area contributed by atoms with Gasteiger partial charge < -0.3 is 10.6 Å². The van der Waals surface area contributed by atoms with Gasteiger partial charge >= 0.3 is 0 Å². The van der Waals surface area contributed by atoms with Crippen molar-refractivity contribution in [3.05, 3.63) is 47.4 Å². The van der Waals surface area contributed by atoms with Crippen LogP contribution < -0.4 is 10.6 Å². The summed E-state index contributed by atoms with van der Waals surface area (Å²) in [6.45, 7) is 8.02. The summed E-state index contributed by atoms with van der Waals surface area (Å²) in [5, 5.41) is 6.01. The van der Waals surface area contributed by atoms with Crippen molar-refractivity contribution in [2.24, 2.45) is 0 Å². The molecule has 110 valence electrons. The summed E-state index contributed by atoms with van der Waals surface area (Å²) in [7, 11) is 0. The SMILES string of the molecule is Cc1cc(C)cc(NC(=O)c2cc(NC(C)C)ncn2)c1. The third-order valence-electron chi connectivity index (χ3n) is 2.82. The Bertz CT molecular complexity index is 632. The summed E-state index contributed by atoms with van der Waals surface area (Å²) in [6, 6.07) is 7.82. The van der Waals surface area contributed by atoms with Crippen molar-refractivity contribution in [1.82, 2.24) is 9.97 Å². The predicted octanol–water partition coefficient (Wildman–Crippen LogP) is 3.17. The van der Waals surface area contributed by atoms with Gasteiger partial charge in [-0.05, 0) is 51.0 Å². The van der Waals surface area contributed by atoms with Gasteiger partial charge in [0.1, 0.15) is 17.8 Å². The molecule has 0 bridgehead atoms. The molecule has 0 saturated heterocycles. The molecule has 1 aromatic heterocycles. The zero-order chi connectivity index (χ0) is 15.4. The van der Waals surface area contributed by atoms with E-state index in [1.54, 1.807) is 6.07 Å². The first-order valence-electron chi connectivity index (χ1n) is 6.92. The van der Waals surface area contributed by atoms with E-state index in [-0.39, 0.29) is 11.9 Å². The lowest BCUT2D eigenvalue weighted by Gasteiger charge is -2.10. The van der Waals surface area contributed by atoms with Crippen LogP contribution in [-0.4, -0.2) is 21.9 Å². The molecule has 2 aromatic rings. The first-order chi connectivity index (χ1) is 9.94. The van der Waals surface area contributed by atoms with Crippen LogP contribution in [0.2, 0.25) is 0 Å². The molecule has 0 radical (unpaired) electrons. The fourth-order valence-corrected chi connectivity index (χ4v) is 2.10. The van der Waals surface area contributed by atoms with Gasteiger partial charge in [0, 0.05) is 17.8 Å². The fourth-order valence-electron chi connectivity index (χ4n) is 2.10. The Morgan fingerprint density at radius 1 is 1.05 bits per heavy atom. The lowest BCUT2D eigenvalue weighted by Crippen LogP contribution is -2.16. The van der Waals surface area contributed by atoms with Crippen molar-refractivity contribution < 1.29 is 4.79 Å². The number of benzene rings is 1. The van der Waals surface area contributed by atoms with Crippen LogP contribution >= 0.6 is 0 Å². The van der Waals surface area contributed by atoms with Crippen LogP contribution in [0.5, 0.6) is 0 Å². The number of carbonyl (C=O) groups excluding carboxylic acids is 1. The van der Waals surface area contributed by atoms with Gasteiger partial charge in [0.25, 0.3) is 5.91 Å². The number of rotatable bonds is 4. The van der Waals surface area contributed by atoms with Gasteiger partial charge in [0.15, 0.2) is 0 Å². The molecule has 5 heteroatoms. The molecule has 0 unspecified atom stereocenters. The van der Waals surface area contributed by atoms with Crippen molar-refractivity contribution in [2.45, 2.75) is 33.7 Å². The number of hydrogen-bond acceptors (Lipinski definition) is 4. The average molecular weight is 284 g/mol. The van der Waals surface area contributed by atoms with Crippen molar-refractivity contribution in [3.63, 3.8) is 0 Å². The molecule has 1 aromatic carbocycles. The summed E-state index contributed by atoms with van der Waals surface area (Å²) >= 11 is 0. The number of nitrogens with one attached hydrogen (secondary N) is 2. The number of carbonyl (C=O) groups is 1. The Morgan fingerprint density at radius 2 is 1.71 bits per heavy atom. The Hall–Kier alpha value is -2.43. The second kappa shape index (κ2) is 6.35. The molecule has 2 N–H and O–H groups in total. The molecule has 0 fully saturated rings. The monoisotopic (exact) mass is 284 g/mol.